The Balaban J connectivity index is 1.41. The fourth-order valence-corrected chi connectivity index (χ4v) is 3.09. The summed E-state index contributed by atoms with van der Waals surface area (Å²) in [6.07, 6.45) is 0.863. The van der Waals surface area contributed by atoms with Crippen molar-refractivity contribution < 1.29 is 19.1 Å². The molecule has 0 aliphatic rings. The Morgan fingerprint density at radius 2 is 1.60 bits per heavy atom. The van der Waals surface area contributed by atoms with Gasteiger partial charge in [0.05, 0.1) is 13.0 Å². The number of hydrogen-bond acceptors (Lipinski definition) is 4. The number of anilines is 1. The molecule has 3 aromatic carbocycles. The monoisotopic (exact) mass is 404 g/mol. The topological polar surface area (TPSA) is 84.5 Å². The maximum atomic E-state index is 12.0. The number of carbonyl (C=O) groups excluding carboxylic acids is 3. The van der Waals surface area contributed by atoms with Crippen molar-refractivity contribution in [3.8, 4) is 0 Å². The molecule has 0 spiro atoms. The molecule has 30 heavy (non-hydrogen) atoms. The van der Waals surface area contributed by atoms with Crippen molar-refractivity contribution in [2.75, 3.05) is 18.5 Å². The first-order valence-corrected chi connectivity index (χ1v) is 9.83. The minimum Gasteiger partial charge on any atom is -0.455 e. The second-order valence-electron chi connectivity index (χ2n) is 6.85. The average molecular weight is 404 g/mol. The molecule has 3 aromatic rings. The van der Waals surface area contributed by atoms with Crippen LogP contribution >= 0.6 is 0 Å². The van der Waals surface area contributed by atoms with Crippen LogP contribution in [0.4, 0.5) is 5.69 Å². The lowest BCUT2D eigenvalue weighted by atomic mass is 10.1. The number of para-hydroxylation sites is 1. The molecule has 0 fully saturated rings. The number of nitrogens with one attached hydrogen (secondary N) is 2. The molecule has 0 saturated heterocycles. The van der Waals surface area contributed by atoms with Crippen molar-refractivity contribution in [1.82, 2.24) is 5.32 Å². The summed E-state index contributed by atoms with van der Waals surface area (Å²) in [5.74, 6) is -1.37. The third-order valence-corrected chi connectivity index (χ3v) is 4.65. The van der Waals surface area contributed by atoms with E-state index in [9.17, 15) is 14.4 Å². The lowest BCUT2D eigenvalue weighted by molar-refractivity contribution is -0.147. The number of rotatable bonds is 8. The van der Waals surface area contributed by atoms with Crippen LogP contribution in [0.25, 0.3) is 10.8 Å². The van der Waals surface area contributed by atoms with E-state index in [0.717, 1.165) is 34.0 Å². The molecule has 2 amide bonds. The Kier molecular flexibility index (Phi) is 7.16. The van der Waals surface area contributed by atoms with Gasteiger partial charge < -0.3 is 15.4 Å². The van der Waals surface area contributed by atoms with E-state index in [0.29, 0.717) is 0 Å². The Hall–Kier alpha value is -3.67. The number of fused-ring (bicyclic) bond motifs is 1. The maximum absolute atomic E-state index is 12.0. The van der Waals surface area contributed by atoms with Crippen LogP contribution in [0.15, 0.2) is 66.7 Å². The number of hydrogen-bond donors (Lipinski definition) is 2. The van der Waals surface area contributed by atoms with Gasteiger partial charge in [0, 0.05) is 5.69 Å². The number of esters is 1. The highest BCUT2D eigenvalue weighted by Gasteiger charge is 2.11. The van der Waals surface area contributed by atoms with Crippen molar-refractivity contribution >= 4 is 34.2 Å². The highest BCUT2D eigenvalue weighted by atomic mass is 16.5. The molecule has 0 unspecified atom stereocenters. The second kappa shape index (κ2) is 10.2. The number of amides is 2. The van der Waals surface area contributed by atoms with Crippen LogP contribution in [-0.4, -0.2) is 30.9 Å². The van der Waals surface area contributed by atoms with Crippen LogP contribution in [0.3, 0.4) is 0 Å². The molecule has 6 heteroatoms. The largest absolute Gasteiger partial charge is 0.455 e. The first-order valence-electron chi connectivity index (χ1n) is 9.83. The molecule has 0 bridgehead atoms. The van der Waals surface area contributed by atoms with Gasteiger partial charge >= 0.3 is 5.97 Å². The third-order valence-electron chi connectivity index (χ3n) is 4.65. The van der Waals surface area contributed by atoms with Gasteiger partial charge in [0.2, 0.25) is 5.91 Å². The Morgan fingerprint density at radius 3 is 2.40 bits per heavy atom. The first kappa shape index (κ1) is 21.0. The molecule has 0 heterocycles. The molecule has 2 N–H and O–H groups in total. The molecule has 0 aliphatic carbocycles. The molecule has 154 valence electrons. The quantitative estimate of drug-likeness (QED) is 0.565. The van der Waals surface area contributed by atoms with E-state index in [1.807, 2.05) is 73.7 Å². The zero-order chi connectivity index (χ0) is 21.3. The lowest BCUT2D eigenvalue weighted by Crippen LogP contribution is -2.35. The van der Waals surface area contributed by atoms with E-state index in [4.69, 9.17) is 4.74 Å². The van der Waals surface area contributed by atoms with Gasteiger partial charge in [0.25, 0.3) is 5.91 Å². The highest BCUT2D eigenvalue weighted by molar-refractivity contribution is 5.95. The Bertz CT molecular complexity index is 1060. The standard InChI is InChI=1S/C24H24N2O4/c1-2-18-7-5-6-10-21(18)26-22(27)15-25-23(28)16-30-24(29)14-17-11-12-19-8-3-4-9-20(19)13-17/h3-13H,2,14-16H2,1H3,(H,25,28)(H,26,27). The summed E-state index contributed by atoms with van der Waals surface area (Å²) in [5, 5.41) is 7.35. The first-order chi connectivity index (χ1) is 14.5. The van der Waals surface area contributed by atoms with Crippen LogP contribution < -0.4 is 10.6 Å². The second-order valence-corrected chi connectivity index (χ2v) is 6.85. The molecule has 0 saturated carbocycles. The van der Waals surface area contributed by atoms with Gasteiger partial charge in [0.1, 0.15) is 0 Å². The number of aryl methyl sites for hydroxylation is 1. The van der Waals surface area contributed by atoms with Crippen LogP contribution in [0.5, 0.6) is 0 Å². The van der Waals surface area contributed by atoms with Crippen molar-refractivity contribution in [3.05, 3.63) is 77.9 Å². The highest BCUT2D eigenvalue weighted by Crippen LogP contribution is 2.16. The van der Waals surface area contributed by atoms with E-state index in [1.54, 1.807) is 0 Å². The van der Waals surface area contributed by atoms with Crippen molar-refractivity contribution in [2.45, 2.75) is 19.8 Å². The molecule has 0 aromatic heterocycles. The van der Waals surface area contributed by atoms with Gasteiger partial charge in [-0.05, 0) is 34.4 Å². The summed E-state index contributed by atoms with van der Waals surface area (Å²) in [7, 11) is 0. The van der Waals surface area contributed by atoms with E-state index in [-0.39, 0.29) is 18.9 Å². The zero-order valence-corrected chi connectivity index (χ0v) is 16.8. The summed E-state index contributed by atoms with van der Waals surface area (Å²) in [5.41, 5.74) is 2.55. The van der Waals surface area contributed by atoms with E-state index in [1.165, 1.54) is 0 Å². The summed E-state index contributed by atoms with van der Waals surface area (Å²) in [6, 6.07) is 21.1. The van der Waals surface area contributed by atoms with Crippen LogP contribution in [0.1, 0.15) is 18.1 Å². The Labute approximate surface area is 175 Å². The minimum absolute atomic E-state index is 0.0758. The smallest absolute Gasteiger partial charge is 0.310 e. The van der Waals surface area contributed by atoms with Gasteiger partial charge in [0.15, 0.2) is 6.61 Å². The Morgan fingerprint density at radius 1 is 0.867 bits per heavy atom. The zero-order valence-electron chi connectivity index (χ0n) is 16.8. The number of ether oxygens (including phenoxy) is 1. The summed E-state index contributed by atoms with van der Waals surface area (Å²) < 4.78 is 5.02. The van der Waals surface area contributed by atoms with E-state index < -0.39 is 18.5 Å². The molecular weight excluding hydrogens is 380 g/mol. The van der Waals surface area contributed by atoms with Gasteiger partial charge in [-0.3, -0.25) is 14.4 Å². The molecule has 0 radical (unpaired) electrons. The summed E-state index contributed by atoms with van der Waals surface area (Å²) in [4.78, 5) is 35.9. The van der Waals surface area contributed by atoms with Gasteiger partial charge in [-0.2, -0.15) is 0 Å². The molecule has 6 nitrogen and oxygen atoms in total. The molecule has 3 rings (SSSR count). The van der Waals surface area contributed by atoms with Crippen LogP contribution in [0.2, 0.25) is 0 Å². The number of benzene rings is 3. The fourth-order valence-electron chi connectivity index (χ4n) is 3.09. The average Bonchev–Trinajstić information content (AvgIpc) is 2.76. The van der Waals surface area contributed by atoms with Crippen molar-refractivity contribution in [3.63, 3.8) is 0 Å². The number of carbonyl (C=O) groups is 3. The molecule has 0 atom stereocenters. The van der Waals surface area contributed by atoms with Gasteiger partial charge in [-0.1, -0.05) is 67.6 Å². The van der Waals surface area contributed by atoms with Crippen molar-refractivity contribution in [2.24, 2.45) is 0 Å². The van der Waals surface area contributed by atoms with Crippen LogP contribution in [-0.2, 0) is 32.0 Å². The summed E-state index contributed by atoms with van der Waals surface area (Å²) in [6.45, 7) is 1.38. The maximum Gasteiger partial charge on any atom is 0.310 e. The van der Waals surface area contributed by atoms with E-state index in [2.05, 4.69) is 10.6 Å². The molecular formula is C24H24N2O4. The van der Waals surface area contributed by atoms with Gasteiger partial charge in [-0.25, -0.2) is 0 Å². The predicted octanol–water partition coefficient (Wildman–Crippen LogP) is 3.24. The predicted molar refractivity (Wildman–Crippen MR) is 116 cm³/mol. The normalized spacial score (nSPS) is 10.4. The molecule has 0 aliphatic heterocycles. The third kappa shape index (κ3) is 5.91. The van der Waals surface area contributed by atoms with Crippen LogP contribution in [0, 0.1) is 0 Å². The summed E-state index contributed by atoms with van der Waals surface area (Å²) >= 11 is 0. The fraction of sp³-hybridized carbons (Fsp3) is 0.208. The van der Waals surface area contributed by atoms with E-state index >= 15 is 0 Å². The minimum atomic E-state index is -0.527. The SMILES string of the molecule is CCc1ccccc1NC(=O)CNC(=O)COC(=O)Cc1ccc2ccccc2c1. The lowest BCUT2D eigenvalue weighted by Gasteiger charge is -2.10. The van der Waals surface area contributed by atoms with Gasteiger partial charge in [-0.15, -0.1) is 0 Å². The van der Waals surface area contributed by atoms with Crippen molar-refractivity contribution in [1.29, 1.82) is 0 Å².